The van der Waals surface area contributed by atoms with E-state index in [4.69, 9.17) is 14.2 Å². The van der Waals surface area contributed by atoms with Gasteiger partial charge in [0, 0.05) is 11.6 Å². The summed E-state index contributed by atoms with van der Waals surface area (Å²) in [6, 6.07) is 9.20. The Morgan fingerprint density at radius 3 is 2.32 bits per heavy atom. The molecule has 2 aromatic carbocycles. The van der Waals surface area contributed by atoms with Crippen LogP contribution < -0.4 is 19.5 Å². The van der Waals surface area contributed by atoms with Crippen molar-refractivity contribution in [1.82, 2.24) is 5.32 Å². The van der Waals surface area contributed by atoms with Crippen LogP contribution in [0.25, 0.3) is 0 Å². The maximum absolute atomic E-state index is 12.6. The molecule has 1 N–H and O–H groups in total. The molecule has 2 rings (SSSR count). The molecule has 0 aromatic heterocycles. The second kappa shape index (κ2) is 9.59. The number of nitro groups is 1. The highest BCUT2D eigenvalue weighted by Crippen LogP contribution is 2.31. The van der Waals surface area contributed by atoms with E-state index in [0.29, 0.717) is 24.7 Å². The molecule has 1 amide bonds. The highest BCUT2D eigenvalue weighted by molar-refractivity contribution is 5.95. The number of nitrogens with one attached hydrogen (secondary N) is 1. The van der Waals surface area contributed by atoms with Gasteiger partial charge in [-0.3, -0.25) is 14.9 Å². The van der Waals surface area contributed by atoms with Crippen molar-refractivity contribution in [2.24, 2.45) is 0 Å². The Morgan fingerprint density at radius 1 is 1.07 bits per heavy atom. The number of methoxy groups -OCH3 is 1. The Balaban J connectivity index is 2.21. The molecular weight excluding hydrogens is 364 g/mol. The van der Waals surface area contributed by atoms with Crippen molar-refractivity contribution >= 4 is 11.6 Å². The summed E-state index contributed by atoms with van der Waals surface area (Å²) < 4.78 is 16.1. The standard InChI is InChI=1S/C20H24N2O6/c1-5-27-18-10-7-14(12-19(18)28-6-2)13(3)21-20(23)15-8-9-17(26-4)16(11-15)22(24)25/h7-13H,5-6H2,1-4H3,(H,21,23)/t13-/m0/s1. The molecule has 0 radical (unpaired) electrons. The summed E-state index contributed by atoms with van der Waals surface area (Å²) in [5.41, 5.74) is 0.737. The fraction of sp³-hybridized carbons (Fsp3) is 0.350. The molecule has 1 atom stereocenters. The minimum Gasteiger partial charge on any atom is -0.490 e. The Kier molecular flexibility index (Phi) is 7.20. The lowest BCUT2D eigenvalue weighted by molar-refractivity contribution is -0.385. The van der Waals surface area contributed by atoms with Gasteiger partial charge < -0.3 is 19.5 Å². The summed E-state index contributed by atoms with van der Waals surface area (Å²) in [5, 5.41) is 14.0. The summed E-state index contributed by atoms with van der Waals surface area (Å²) in [7, 11) is 1.34. The van der Waals surface area contributed by atoms with Gasteiger partial charge in [0.15, 0.2) is 17.2 Å². The SMILES string of the molecule is CCOc1ccc([C@H](C)NC(=O)c2ccc(OC)c([N+](=O)[O-])c2)cc1OCC. The van der Waals surface area contributed by atoms with Crippen LogP contribution in [0.1, 0.15) is 42.7 Å². The number of hydrogen-bond donors (Lipinski definition) is 1. The zero-order valence-corrected chi connectivity index (χ0v) is 16.4. The van der Waals surface area contributed by atoms with Crippen LogP contribution >= 0.6 is 0 Å². The molecular formula is C20H24N2O6. The molecule has 2 aromatic rings. The van der Waals surface area contributed by atoms with E-state index in [1.54, 1.807) is 6.07 Å². The highest BCUT2D eigenvalue weighted by Gasteiger charge is 2.20. The fourth-order valence-corrected chi connectivity index (χ4v) is 2.67. The van der Waals surface area contributed by atoms with E-state index in [2.05, 4.69) is 5.32 Å². The first kappa shape index (κ1) is 21.0. The van der Waals surface area contributed by atoms with E-state index in [-0.39, 0.29) is 23.0 Å². The third kappa shape index (κ3) is 4.91. The van der Waals surface area contributed by atoms with Crippen molar-refractivity contribution < 1.29 is 23.9 Å². The predicted molar refractivity (Wildman–Crippen MR) is 104 cm³/mol. The summed E-state index contributed by atoms with van der Waals surface area (Å²) in [6.07, 6.45) is 0. The van der Waals surface area contributed by atoms with Crippen LogP contribution in [0.5, 0.6) is 17.2 Å². The van der Waals surface area contributed by atoms with Crippen molar-refractivity contribution in [2.45, 2.75) is 26.8 Å². The van der Waals surface area contributed by atoms with Gasteiger partial charge in [-0.05, 0) is 50.6 Å². The normalized spacial score (nSPS) is 11.4. The van der Waals surface area contributed by atoms with E-state index in [1.165, 1.54) is 25.3 Å². The third-order valence-corrected chi connectivity index (χ3v) is 4.05. The zero-order chi connectivity index (χ0) is 20.7. The van der Waals surface area contributed by atoms with Gasteiger partial charge in [-0.15, -0.1) is 0 Å². The number of carbonyl (C=O) groups is 1. The second-order valence-corrected chi connectivity index (χ2v) is 5.91. The number of nitro benzene ring substituents is 1. The van der Waals surface area contributed by atoms with Gasteiger partial charge in [0.05, 0.1) is 31.3 Å². The minimum absolute atomic E-state index is 0.0995. The lowest BCUT2D eigenvalue weighted by atomic mass is 10.1. The van der Waals surface area contributed by atoms with Gasteiger partial charge in [0.1, 0.15) is 0 Å². The number of carbonyl (C=O) groups excluding carboxylic acids is 1. The molecule has 8 heteroatoms. The lowest BCUT2D eigenvalue weighted by Crippen LogP contribution is -2.26. The molecule has 150 valence electrons. The second-order valence-electron chi connectivity index (χ2n) is 5.91. The predicted octanol–water partition coefficient (Wildman–Crippen LogP) is 3.89. The van der Waals surface area contributed by atoms with Crippen LogP contribution in [0.4, 0.5) is 5.69 Å². The third-order valence-electron chi connectivity index (χ3n) is 4.05. The van der Waals surface area contributed by atoms with Crippen molar-refractivity contribution in [2.75, 3.05) is 20.3 Å². The van der Waals surface area contributed by atoms with E-state index in [9.17, 15) is 14.9 Å². The summed E-state index contributed by atoms with van der Waals surface area (Å²) >= 11 is 0. The number of ether oxygens (including phenoxy) is 3. The van der Waals surface area contributed by atoms with Crippen LogP contribution in [0.3, 0.4) is 0 Å². The van der Waals surface area contributed by atoms with Crippen LogP contribution in [0.15, 0.2) is 36.4 Å². The fourth-order valence-electron chi connectivity index (χ4n) is 2.67. The van der Waals surface area contributed by atoms with Crippen LogP contribution in [0.2, 0.25) is 0 Å². The molecule has 0 fully saturated rings. The number of nitrogens with zero attached hydrogens (tertiary/aromatic N) is 1. The minimum atomic E-state index is -0.583. The Morgan fingerprint density at radius 2 is 1.71 bits per heavy atom. The number of rotatable bonds is 9. The van der Waals surface area contributed by atoms with Crippen molar-refractivity contribution in [1.29, 1.82) is 0 Å². The molecule has 0 saturated carbocycles. The molecule has 0 bridgehead atoms. The first-order valence-corrected chi connectivity index (χ1v) is 8.94. The molecule has 0 saturated heterocycles. The summed E-state index contributed by atoms with van der Waals surface area (Å²) in [4.78, 5) is 23.1. The monoisotopic (exact) mass is 388 g/mol. The van der Waals surface area contributed by atoms with Crippen molar-refractivity contribution in [3.05, 3.63) is 57.6 Å². The molecule has 0 heterocycles. The Labute approximate surface area is 163 Å². The highest BCUT2D eigenvalue weighted by atomic mass is 16.6. The average Bonchev–Trinajstić information content (AvgIpc) is 2.68. The van der Waals surface area contributed by atoms with Crippen molar-refractivity contribution in [3.63, 3.8) is 0 Å². The molecule has 0 aliphatic heterocycles. The van der Waals surface area contributed by atoms with Gasteiger partial charge in [-0.1, -0.05) is 6.07 Å². The molecule has 8 nitrogen and oxygen atoms in total. The zero-order valence-electron chi connectivity index (χ0n) is 16.4. The van der Waals surface area contributed by atoms with E-state index >= 15 is 0 Å². The van der Waals surface area contributed by atoms with Gasteiger partial charge in [-0.25, -0.2) is 0 Å². The average molecular weight is 388 g/mol. The smallest absolute Gasteiger partial charge is 0.311 e. The number of hydrogen-bond acceptors (Lipinski definition) is 6. The van der Waals surface area contributed by atoms with Gasteiger partial charge >= 0.3 is 5.69 Å². The molecule has 0 aliphatic rings. The lowest BCUT2D eigenvalue weighted by Gasteiger charge is -2.17. The van der Waals surface area contributed by atoms with Crippen LogP contribution in [-0.2, 0) is 0 Å². The van der Waals surface area contributed by atoms with E-state index in [0.717, 1.165) is 5.56 Å². The largest absolute Gasteiger partial charge is 0.490 e. The first-order chi connectivity index (χ1) is 13.4. The van der Waals surface area contributed by atoms with Gasteiger partial charge in [0.25, 0.3) is 5.91 Å². The first-order valence-electron chi connectivity index (χ1n) is 8.94. The number of amides is 1. The Bertz CT molecular complexity index is 853. The van der Waals surface area contributed by atoms with E-state index in [1.807, 2.05) is 32.9 Å². The molecule has 0 unspecified atom stereocenters. The molecule has 0 spiro atoms. The van der Waals surface area contributed by atoms with Gasteiger partial charge in [0.2, 0.25) is 0 Å². The molecule has 0 aliphatic carbocycles. The molecule has 28 heavy (non-hydrogen) atoms. The van der Waals surface area contributed by atoms with Crippen LogP contribution in [-0.4, -0.2) is 31.2 Å². The Hall–Kier alpha value is -3.29. The summed E-state index contributed by atoms with van der Waals surface area (Å²) in [5.74, 6) is 0.910. The number of benzene rings is 2. The quantitative estimate of drug-likeness (QED) is 0.517. The van der Waals surface area contributed by atoms with Crippen molar-refractivity contribution in [3.8, 4) is 17.2 Å². The van der Waals surface area contributed by atoms with E-state index < -0.39 is 10.8 Å². The maximum atomic E-state index is 12.6. The van der Waals surface area contributed by atoms with Crippen LogP contribution in [0, 0.1) is 10.1 Å². The summed E-state index contributed by atoms with van der Waals surface area (Å²) in [6.45, 7) is 6.59. The van der Waals surface area contributed by atoms with Gasteiger partial charge in [-0.2, -0.15) is 0 Å². The topological polar surface area (TPSA) is 99.9 Å². The maximum Gasteiger partial charge on any atom is 0.311 e.